The fourth-order valence-corrected chi connectivity index (χ4v) is 7.54. The predicted molar refractivity (Wildman–Crippen MR) is 220 cm³/mol. The third kappa shape index (κ3) is 28.7. The number of hydrogen-bond acceptors (Lipinski definition) is 11. The second-order valence-corrected chi connectivity index (χ2v) is 17.2. The molecule has 0 aromatic rings. The molecule has 0 amide bonds. The molecule has 0 bridgehead atoms. The van der Waals surface area contributed by atoms with Crippen molar-refractivity contribution >= 4 is 22.1 Å². The molecule has 0 spiro atoms. The summed E-state index contributed by atoms with van der Waals surface area (Å²) < 4.78 is 54.0. The molecule has 0 saturated carbocycles. The van der Waals surface area contributed by atoms with E-state index in [0.29, 0.717) is 12.8 Å². The molecule has 13 heteroatoms. The van der Waals surface area contributed by atoms with E-state index in [0.717, 1.165) is 57.8 Å². The highest BCUT2D eigenvalue weighted by atomic mass is 32.2. The van der Waals surface area contributed by atoms with Crippen molar-refractivity contribution in [3.05, 3.63) is 12.2 Å². The molecule has 0 radical (unpaired) electrons. The normalized spacial score (nSPS) is 20.7. The van der Waals surface area contributed by atoms with Crippen LogP contribution in [0.5, 0.6) is 0 Å². The van der Waals surface area contributed by atoms with Gasteiger partial charge in [0.2, 0.25) is 0 Å². The van der Waals surface area contributed by atoms with Crippen LogP contribution in [-0.4, -0.2) is 96.0 Å². The molecule has 56 heavy (non-hydrogen) atoms. The Balaban J connectivity index is 2.46. The quantitative estimate of drug-likeness (QED) is 0.0203. The van der Waals surface area contributed by atoms with E-state index in [9.17, 15) is 37.9 Å². The predicted octanol–water partition coefficient (Wildman–Crippen LogP) is 8.67. The Kier molecular flexibility index (Phi) is 32.1. The van der Waals surface area contributed by atoms with Crippen LogP contribution < -0.4 is 0 Å². The summed E-state index contributed by atoms with van der Waals surface area (Å²) in [7, 11) is -4.60. The summed E-state index contributed by atoms with van der Waals surface area (Å²) in [6, 6.07) is 0. The number of aliphatic hydroxyl groups is 3. The lowest BCUT2D eigenvalue weighted by atomic mass is 10.00. The van der Waals surface area contributed by atoms with E-state index in [1.807, 2.05) is 0 Å². The van der Waals surface area contributed by atoms with E-state index in [1.165, 1.54) is 96.3 Å². The topological polar surface area (TPSA) is 186 Å². The molecule has 6 unspecified atom stereocenters. The fourth-order valence-electron chi connectivity index (χ4n) is 6.85. The number of carbonyl (C=O) groups is 2. The van der Waals surface area contributed by atoms with Crippen LogP contribution in [0.15, 0.2) is 12.2 Å². The molecule has 1 rings (SSSR count). The second kappa shape index (κ2) is 34.3. The summed E-state index contributed by atoms with van der Waals surface area (Å²) in [5.74, 6) is -1.98. The summed E-state index contributed by atoms with van der Waals surface area (Å²) >= 11 is 0. The summed E-state index contributed by atoms with van der Waals surface area (Å²) in [6.07, 6.45) is 25.4. The van der Waals surface area contributed by atoms with Gasteiger partial charge < -0.3 is 34.3 Å². The molecule has 1 aliphatic rings. The van der Waals surface area contributed by atoms with Crippen LogP contribution in [0, 0.1) is 0 Å². The first-order valence-electron chi connectivity index (χ1n) is 22.2. The van der Waals surface area contributed by atoms with E-state index in [2.05, 4.69) is 26.0 Å². The van der Waals surface area contributed by atoms with Crippen molar-refractivity contribution in [3.63, 3.8) is 0 Å². The van der Waals surface area contributed by atoms with Crippen molar-refractivity contribution in [2.24, 2.45) is 0 Å². The first-order valence-corrected chi connectivity index (χ1v) is 23.9. The van der Waals surface area contributed by atoms with Crippen LogP contribution in [0.1, 0.15) is 194 Å². The summed E-state index contributed by atoms with van der Waals surface area (Å²) in [6.45, 7) is 3.75. The average Bonchev–Trinajstić information content (AvgIpc) is 3.16. The van der Waals surface area contributed by atoms with Crippen LogP contribution in [0.2, 0.25) is 0 Å². The number of carbonyl (C=O) groups excluding carboxylic acids is 2. The lowest BCUT2D eigenvalue weighted by molar-refractivity contribution is -0.297. The van der Waals surface area contributed by atoms with E-state index < -0.39 is 71.2 Å². The maximum atomic E-state index is 12.8. The largest absolute Gasteiger partial charge is 0.462 e. The van der Waals surface area contributed by atoms with Crippen molar-refractivity contribution in [2.45, 2.75) is 230 Å². The first-order chi connectivity index (χ1) is 27.0. The first kappa shape index (κ1) is 52.4. The molecule has 6 atom stereocenters. The van der Waals surface area contributed by atoms with Crippen LogP contribution >= 0.6 is 0 Å². The van der Waals surface area contributed by atoms with Gasteiger partial charge in [0.25, 0.3) is 10.1 Å². The number of esters is 2. The Morgan fingerprint density at radius 1 is 0.589 bits per heavy atom. The molecule has 1 saturated heterocycles. The number of rotatable bonds is 37. The van der Waals surface area contributed by atoms with Crippen LogP contribution in [0.25, 0.3) is 0 Å². The minimum absolute atomic E-state index is 0.158. The number of allylic oxidation sites excluding steroid dienone is 2. The number of unbranched alkanes of at least 4 members (excludes halogenated alkanes) is 23. The zero-order valence-corrected chi connectivity index (χ0v) is 35.8. The van der Waals surface area contributed by atoms with Gasteiger partial charge >= 0.3 is 11.9 Å². The minimum Gasteiger partial charge on any atom is -0.462 e. The molecule has 0 aliphatic carbocycles. The van der Waals surface area contributed by atoms with E-state index in [4.69, 9.17) is 18.9 Å². The SMILES string of the molecule is CCCCCCCCC=CCCCCCCCC(=O)OC(COC(=O)CCCCCCCCCCCCCCC)COC1OC(CS(=O)(=O)O)C(O)C(O)C1O. The molecule has 1 heterocycles. The Hall–Kier alpha value is -1.61. The summed E-state index contributed by atoms with van der Waals surface area (Å²) in [5.41, 5.74) is 0. The molecule has 1 aliphatic heterocycles. The van der Waals surface area contributed by atoms with Crippen molar-refractivity contribution in [1.29, 1.82) is 0 Å². The lowest BCUT2D eigenvalue weighted by Gasteiger charge is -2.40. The average molecular weight is 821 g/mol. The zero-order chi connectivity index (χ0) is 41.3. The van der Waals surface area contributed by atoms with Gasteiger partial charge in [0.05, 0.1) is 6.61 Å². The highest BCUT2D eigenvalue weighted by molar-refractivity contribution is 7.85. The third-order valence-electron chi connectivity index (χ3n) is 10.3. The van der Waals surface area contributed by atoms with Gasteiger partial charge in [0, 0.05) is 12.8 Å². The molecule has 4 N–H and O–H groups in total. The maximum Gasteiger partial charge on any atom is 0.306 e. The van der Waals surface area contributed by atoms with Gasteiger partial charge in [0.15, 0.2) is 12.4 Å². The van der Waals surface area contributed by atoms with Gasteiger partial charge in [-0.15, -0.1) is 0 Å². The van der Waals surface area contributed by atoms with Gasteiger partial charge in [-0.1, -0.05) is 154 Å². The van der Waals surface area contributed by atoms with E-state index in [-0.39, 0.29) is 19.4 Å². The fraction of sp³-hybridized carbons (Fsp3) is 0.907. The Morgan fingerprint density at radius 2 is 1.02 bits per heavy atom. The molecule has 0 aromatic heterocycles. The minimum atomic E-state index is -4.60. The van der Waals surface area contributed by atoms with Crippen molar-refractivity contribution in [3.8, 4) is 0 Å². The summed E-state index contributed by atoms with van der Waals surface area (Å²) in [5, 5.41) is 30.8. The van der Waals surface area contributed by atoms with Crippen LogP contribution in [0.4, 0.5) is 0 Å². The molecular formula is C43H80O12S. The van der Waals surface area contributed by atoms with Crippen molar-refractivity contribution in [1.82, 2.24) is 0 Å². The lowest BCUT2D eigenvalue weighted by Crippen LogP contribution is -2.60. The number of aliphatic hydroxyl groups excluding tert-OH is 3. The van der Waals surface area contributed by atoms with Gasteiger partial charge in [-0.3, -0.25) is 14.1 Å². The molecular weight excluding hydrogens is 741 g/mol. The van der Waals surface area contributed by atoms with Crippen molar-refractivity contribution in [2.75, 3.05) is 19.0 Å². The number of ether oxygens (including phenoxy) is 4. The van der Waals surface area contributed by atoms with Gasteiger partial charge in [-0.05, 0) is 38.5 Å². The van der Waals surface area contributed by atoms with E-state index in [1.54, 1.807) is 0 Å². The molecule has 330 valence electrons. The van der Waals surface area contributed by atoms with E-state index >= 15 is 0 Å². The van der Waals surface area contributed by atoms with Crippen LogP contribution in [0.3, 0.4) is 0 Å². The van der Waals surface area contributed by atoms with Crippen molar-refractivity contribution < 1.29 is 56.8 Å². The van der Waals surface area contributed by atoms with Gasteiger partial charge in [0.1, 0.15) is 36.8 Å². The van der Waals surface area contributed by atoms with Gasteiger partial charge in [-0.2, -0.15) is 8.42 Å². The maximum absolute atomic E-state index is 12.8. The standard InChI is InChI=1S/C43H80O12S/c1-3-5-7-9-11-13-15-17-18-20-22-24-26-28-30-32-39(45)54-36(34-53-43-42(48)41(47)40(46)37(55-43)35-56(49,50)51)33-52-38(44)31-29-27-25-23-21-19-16-14-12-10-8-6-4-2/h17-18,36-37,40-43,46-48H,3-16,19-35H2,1-2H3,(H,49,50,51). The summed E-state index contributed by atoms with van der Waals surface area (Å²) in [4.78, 5) is 25.3. The Morgan fingerprint density at radius 3 is 1.48 bits per heavy atom. The Bertz CT molecular complexity index is 1100. The smallest absolute Gasteiger partial charge is 0.306 e. The van der Waals surface area contributed by atoms with Crippen LogP contribution in [-0.2, 0) is 38.7 Å². The highest BCUT2D eigenvalue weighted by Gasteiger charge is 2.46. The Labute approximate surface area is 339 Å². The monoisotopic (exact) mass is 821 g/mol. The molecule has 12 nitrogen and oxygen atoms in total. The van der Waals surface area contributed by atoms with Gasteiger partial charge in [-0.25, -0.2) is 0 Å². The second-order valence-electron chi connectivity index (χ2n) is 15.7. The molecule has 1 fully saturated rings. The molecule has 0 aromatic carbocycles. The highest BCUT2D eigenvalue weighted by Crippen LogP contribution is 2.24. The zero-order valence-electron chi connectivity index (χ0n) is 35.0. The third-order valence-corrected chi connectivity index (χ3v) is 11.1. The number of hydrogen-bond donors (Lipinski definition) is 4.